The van der Waals surface area contributed by atoms with Gasteiger partial charge in [0.15, 0.2) is 0 Å². The number of hydrogen-bond acceptors (Lipinski definition) is 3. The van der Waals surface area contributed by atoms with Gasteiger partial charge in [0, 0.05) is 13.2 Å². The molecule has 0 radical (unpaired) electrons. The second-order valence-electron chi connectivity index (χ2n) is 4.34. The Morgan fingerprint density at radius 2 is 2.29 bits per heavy atom. The van der Waals surface area contributed by atoms with Gasteiger partial charge in [-0.15, -0.1) is 0 Å². The lowest BCUT2D eigenvalue weighted by Gasteiger charge is -2.11. The molecule has 1 saturated carbocycles. The number of rotatable bonds is 6. The predicted octanol–water partition coefficient (Wildman–Crippen LogP) is 0.00250. The third-order valence-electron chi connectivity index (χ3n) is 2.71. The number of nitrogens with two attached hydrogens (primary N) is 1. The van der Waals surface area contributed by atoms with E-state index in [1.54, 1.807) is 0 Å². The normalized spacial score (nSPS) is 20.2. The molecule has 0 bridgehead atoms. The van der Waals surface area contributed by atoms with Gasteiger partial charge in [-0.05, 0) is 31.6 Å². The Morgan fingerprint density at radius 1 is 1.64 bits per heavy atom. The maximum Gasteiger partial charge on any atom is 0.240 e. The average molecular weight is 200 g/mol. The molecule has 1 rings (SSSR count). The average Bonchev–Trinajstić information content (AvgIpc) is 2.91. The largest absolute Gasteiger partial charge is 0.396 e. The van der Waals surface area contributed by atoms with E-state index in [0.717, 1.165) is 25.7 Å². The van der Waals surface area contributed by atoms with E-state index in [1.165, 1.54) is 0 Å². The molecule has 4 N–H and O–H groups in total. The quantitative estimate of drug-likeness (QED) is 0.528. The Morgan fingerprint density at radius 3 is 2.79 bits per heavy atom. The second-order valence-corrected chi connectivity index (χ2v) is 4.34. The highest BCUT2D eigenvalue weighted by atomic mass is 16.3. The first-order chi connectivity index (χ1) is 6.58. The fourth-order valence-corrected chi connectivity index (χ4v) is 1.28. The number of nitrogens with one attached hydrogen (secondary N) is 1. The third-order valence-corrected chi connectivity index (χ3v) is 2.71. The SMILES string of the molecule is CC(CO)CCCNC(=O)C1(N)CC1. The summed E-state index contributed by atoms with van der Waals surface area (Å²) in [5.74, 6) is 0.300. The summed E-state index contributed by atoms with van der Waals surface area (Å²) >= 11 is 0. The zero-order chi connectivity index (χ0) is 10.6. The first kappa shape index (κ1) is 11.5. The van der Waals surface area contributed by atoms with E-state index < -0.39 is 5.54 Å². The van der Waals surface area contributed by atoms with Crippen LogP contribution in [0.15, 0.2) is 0 Å². The molecule has 1 fully saturated rings. The van der Waals surface area contributed by atoms with Gasteiger partial charge in [-0.25, -0.2) is 0 Å². The van der Waals surface area contributed by atoms with E-state index in [9.17, 15) is 4.79 Å². The first-order valence-corrected chi connectivity index (χ1v) is 5.26. The van der Waals surface area contributed by atoms with Crippen LogP contribution in [0, 0.1) is 5.92 Å². The summed E-state index contributed by atoms with van der Waals surface area (Å²) in [4.78, 5) is 11.4. The van der Waals surface area contributed by atoms with Crippen molar-refractivity contribution in [1.82, 2.24) is 5.32 Å². The molecule has 82 valence electrons. The Labute approximate surface area is 84.9 Å². The van der Waals surface area contributed by atoms with Gasteiger partial charge in [-0.3, -0.25) is 4.79 Å². The van der Waals surface area contributed by atoms with Crippen molar-refractivity contribution in [3.8, 4) is 0 Å². The first-order valence-electron chi connectivity index (χ1n) is 5.26. The molecular formula is C10H20N2O2. The summed E-state index contributed by atoms with van der Waals surface area (Å²) in [6, 6.07) is 0. The minimum atomic E-state index is -0.553. The molecule has 0 saturated heterocycles. The Kier molecular flexibility index (Phi) is 3.89. The highest BCUT2D eigenvalue weighted by Crippen LogP contribution is 2.31. The van der Waals surface area contributed by atoms with Gasteiger partial charge in [0.2, 0.25) is 5.91 Å². The lowest BCUT2D eigenvalue weighted by molar-refractivity contribution is -0.123. The topological polar surface area (TPSA) is 75.3 Å². The van der Waals surface area contributed by atoms with Crippen molar-refractivity contribution in [3.63, 3.8) is 0 Å². The maximum absolute atomic E-state index is 11.4. The van der Waals surface area contributed by atoms with Crippen LogP contribution in [-0.4, -0.2) is 29.7 Å². The van der Waals surface area contributed by atoms with E-state index in [-0.39, 0.29) is 12.5 Å². The molecule has 1 amide bonds. The number of hydrogen-bond donors (Lipinski definition) is 3. The molecule has 14 heavy (non-hydrogen) atoms. The van der Waals surface area contributed by atoms with E-state index >= 15 is 0 Å². The third kappa shape index (κ3) is 3.27. The monoisotopic (exact) mass is 200 g/mol. The molecule has 0 aromatic carbocycles. The zero-order valence-electron chi connectivity index (χ0n) is 8.75. The Hall–Kier alpha value is -0.610. The van der Waals surface area contributed by atoms with Gasteiger partial charge in [0.1, 0.15) is 0 Å². The summed E-state index contributed by atoms with van der Waals surface area (Å²) in [5.41, 5.74) is 5.15. The van der Waals surface area contributed by atoms with Crippen LogP contribution in [-0.2, 0) is 4.79 Å². The predicted molar refractivity (Wildman–Crippen MR) is 54.6 cm³/mol. The molecule has 0 aromatic heterocycles. The highest BCUT2D eigenvalue weighted by molar-refractivity contribution is 5.88. The summed E-state index contributed by atoms with van der Waals surface area (Å²) in [5, 5.41) is 11.6. The Bertz CT molecular complexity index is 202. The van der Waals surface area contributed by atoms with Crippen LogP contribution in [0.4, 0.5) is 0 Å². The van der Waals surface area contributed by atoms with Crippen LogP contribution in [0.3, 0.4) is 0 Å². The van der Waals surface area contributed by atoms with Crippen molar-refractivity contribution in [2.45, 2.75) is 38.1 Å². The van der Waals surface area contributed by atoms with Crippen molar-refractivity contribution in [1.29, 1.82) is 0 Å². The number of carbonyl (C=O) groups is 1. The lowest BCUT2D eigenvalue weighted by atomic mass is 10.1. The van der Waals surface area contributed by atoms with Crippen molar-refractivity contribution >= 4 is 5.91 Å². The number of aliphatic hydroxyl groups is 1. The van der Waals surface area contributed by atoms with Crippen LogP contribution < -0.4 is 11.1 Å². The summed E-state index contributed by atoms with van der Waals surface area (Å²) in [7, 11) is 0. The second kappa shape index (κ2) is 4.75. The van der Waals surface area contributed by atoms with Crippen LogP contribution in [0.1, 0.15) is 32.6 Å². The minimum Gasteiger partial charge on any atom is -0.396 e. The number of aliphatic hydroxyl groups excluding tert-OH is 1. The summed E-state index contributed by atoms with van der Waals surface area (Å²) in [6.45, 7) is 2.88. The van der Waals surface area contributed by atoms with Crippen molar-refractivity contribution in [2.24, 2.45) is 11.7 Å². The van der Waals surface area contributed by atoms with Crippen LogP contribution >= 0.6 is 0 Å². The zero-order valence-corrected chi connectivity index (χ0v) is 8.75. The fourth-order valence-electron chi connectivity index (χ4n) is 1.28. The van der Waals surface area contributed by atoms with Crippen LogP contribution in [0.25, 0.3) is 0 Å². The van der Waals surface area contributed by atoms with Crippen molar-refractivity contribution < 1.29 is 9.90 Å². The minimum absolute atomic E-state index is 0.0193. The molecule has 4 heteroatoms. The molecule has 0 aliphatic heterocycles. The van der Waals surface area contributed by atoms with Gasteiger partial charge in [-0.1, -0.05) is 6.92 Å². The smallest absolute Gasteiger partial charge is 0.240 e. The molecule has 0 spiro atoms. The highest BCUT2D eigenvalue weighted by Gasteiger charge is 2.45. The molecule has 1 aliphatic carbocycles. The summed E-state index contributed by atoms with van der Waals surface area (Å²) < 4.78 is 0. The van der Waals surface area contributed by atoms with Gasteiger partial charge < -0.3 is 16.2 Å². The van der Waals surface area contributed by atoms with E-state index in [2.05, 4.69) is 5.32 Å². The standard InChI is InChI=1S/C10H20N2O2/c1-8(7-13)3-2-6-12-9(14)10(11)4-5-10/h8,13H,2-7,11H2,1H3,(H,12,14). The van der Waals surface area contributed by atoms with E-state index in [1.807, 2.05) is 6.92 Å². The van der Waals surface area contributed by atoms with Crippen molar-refractivity contribution in [3.05, 3.63) is 0 Å². The Balaban J connectivity index is 2.01. The molecular weight excluding hydrogens is 180 g/mol. The molecule has 0 aromatic rings. The number of carbonyl (C=O) groups excluding carboxylic acids is 1. The van der Waals surface area contributed by atoms with E-state index in [4.69, 9.17) is 10.8 Å². The summed E-state index contributed by atoms with van der Waals surface area (Å²) in [6.07, 6.45) is 3.47. The maximum atomic E-state index is 11.4. The molecule has 1 unspecified atom stereocenters. The molecule has 0 heterocycles. The lowest BCUT2D eigenvalue weighted by Crippen LogP contribution is -2.43. The van der Waals surface area contributed by atoms with Crippen LogP contribution in [0.2, 0.25) is 0 Å². The van der Waals surface area contributed by atoms with Gasteiger partial charge in [0.25, 0.3) is 0 Å². The van der Waals surface area contributed by atoms with Crippen LogP contribution in [0.5, 0.6) is 0 Å². The molecule has 1 atom stereocenters. The van der Waals surface area contributed by atoms with E-state index in [0.29, 0.717) is 12.5 Å². The van der Waals surface area contributed by atoms with Gasteiger partial charge in [-0.2, -0.15) is 0 Å². The fraction of sp³-hybridized carbons (Fsp3) is 0.900. The van der Waals surface area contributed by atoms with Crippen molar-refractivity contribution in [2.75, 3.05) is 13.2 Å². The molecule has 4 nitrogen and oxygen atoms in total. The molecule has 1 aliphatic rings. The van der Waals surface area contributed by atoms with Gasteiger partial charge in [0.05, 0.1) is 5.54 Å². The number of amides is 1. The van der Waals surface area contributed by atoms with Gasteiger partial charge >= 0.3 is 0 Å².